The van der Waals surface area contributed by atoms with Crippen LogP contribution < -0.4 is 4.74 Å². The lowest BCUT2D eigenvalue weighted by molar-refractivity contribution is -0.137. The number of aliphatic hydroxyl groups is 1. The molecule has 1 atom stereocenters. The summed E-state index contributed by atoms with van der Waals surface area (Å²) >= 11 is 0. The van der Waals surface area contributed by atoms with Crippen LogP contribution in [0.1, 0.15) is 32.1 Å². The highest BCUT2D eigenvalue weighted by atomic mass is 32.2. The van der Waals surface area contributed by atoms with E-state index in [1.807, 2.05) is 0 Å². The van der Waals surface area contributed by atoms with Crippen LogP contribution in [0.25, 0.3) is 0 Å². The number of sulfonamides is 1. The zero-order valence-electron chi connectivity index (χ0n) is 15.8. The van der Waals surface area contributed by atoms with Crippen molar-refractivity contribution >= 4 is 16.0 Å². The molecule has 0 amide bonds. The van der Waals surface area contributed by atoms with E-state index >= 15 is 0 Å². The average Bonchev–Trinajstić information content (AvgIpc) is 2.60. The van der Waals surface area contributed by atoms with Crippen LogP contribution in [-0.2, 0) is 14.8 Å². The summed E-state index contributed by atoms with van der Waals surface area (Å²) in [5.41, 5.74) is 0. The van der Waals surface area contributed by atoms with Crippen LogP contribution >= 0.6 is 0 Å². The molecule has 9 heteroatoms. The summed E-state index contributed by atoms with van der Waals surface area (Å²) in [6.45, 7) is 0.188. The second-order valence-electron chi connectivity index (χ2n) is 6.26. The summed E-state index contributed by atoms with van der Waals surface area (Å²) in [4.78, 5) is 10.4. The van der Waals surface area contributed by atoms with Crippen LogP contribution in [0.5, 0.6) is 5.75 Å². The van der Waals surface area contributed by atoms with E-state index in [9.17, 15) is 22.7 Å². The van der Waals surface area contributed by atoms with Gasteiger partial charge in [-0.25, -0.2) is 12.8 Å². The predicted octanol–water partition coefficient (Wildman–Crippen LogP) is 1.87. The molecular weight excluding hydrogens is 389 g/mol. The molecule has 0 radical (unpaired) electrons. The van der Waals surface area contributed by atoms with Crippen molar-refractivity contribution in [2.45, 2.75) is 38.2 Å². The fourth-order valence-electron chi connectivity index (χ4n) is 2.26. The highest BCUT2D eigenvalue weighted by Crippen LogP contribution is 2.13. The number of carboxylic acids is 1. The number of ether oxygens (including phenoxy) is 1. The molecule has 0 bridgehead atoms. The maximum Gasteiger partial charge on any atom is 0.303 e. The number of hydrogen-bond acceptors (Lipinski definition) is 5. The van der Waals surface area contributed by atoms with Crippen LogP contribution in [0.15, 0.2) is 24.3 Å². The molecule has 0 heterocycles. The molecule has 28 heavy (non-hydrogen) atoms. The van der Waals surface area contributed by atoms with E-state index in [0.29, 0.717) is 31.4 Å². The molecule has 1 rings (SSSR count). The first-order valence-corrected chi connectivity index (χ1v) is 10.7. The first kappa shape index (κ1) is 23.9. The molecular formula is C19H26FNO6S. The fourth-order valence-corrected chi connectivity index (χ4v) is 3.02. The number of carbonyl (C=O) groups is 1. The molecule has 0 aliphatic carbocycles. The van der Waals surface area contributed by atoms with Crippen LogP contribution in [0.4, 0.5) is 4.39 Å². The number of hydrogen-bond donors (Lipinski definition) is 2. The van der Waals surface area contributed by atoms with E-state index in [4.69, 9.17) is 9.84 Å². The van der Waals surface area contributed by atoms with Gasteiger partial charge in [-0.15, -0.1) is 5.92 Å². The van der Waals surface area contributed by atoms with Crippen LogP contribution in [-0.4, -0.2) is 61.0 Å². The first-order chi connectivity index (χ1) is 13.2. The van der Waals surface area contributed by atoms with Crippen LogP contribution in [0.3, 0.4) is 0 Å². The van der Waals surface area contributed by atoms with Gasteiger partial charge in [-0.3, -0.25) is 4.79 Å². The van der Waals surface area contributed by atoms with E-state index in [2.05, 4.69) is 11.8 Å². The predicted molar refractivity (Wildman–Crippen MR) is 103 cm³/mol. The summed E-state index contributed by atoms with van der Waals surface area (Å²) in [6, 6.07) is 5.59. The fraction of sp³-hybridized carbons (Fsp3) is 0.526. The van der Waals surface area contributed by atoms with Crippen molar-refractivity contribution in [1.82, 2.24) is 4.31 Å². The van der Waals surface area contributed by atoms with Gasteiger partial charge in [0.25, 0.3) is 0 Å². The molecule has 0 saturated carbocycles. The van der Waals surface area contributed by atoms with Crippen molar-refractivity contribution in [2.75, 3.05) is 26.0 Å². The van der Waals surface area contributed by atoms with Gasteiger partial charge in [-0.05, 0) is 31.4 Å². The number of carboxylic acid groups (broad SMARTS) is 1. The minimum atomic E-state index is -3.45. The molecule has 2 N–H and O–H groups in total. The van der Waals surface area contributed by atoms with Crippen molar-refractivity contribution in [3.63, 3.8) is 0 Å². The Morgan fingerprint density at radius 2 is 2.07 bits per heavy atom. The minimum Gasteiger partial charge on any atom is -0.491 e. The topological polar surface area (TPSA) is 104 Å². The molecule has 0 aliphatic rings. The highest BCUT2D eigenvalue weighted by molar-refractivity contribution is 7.88. The van der Waals surface area contributed by atoms with Crippen LogP contribution in [0, 0.1) is 17.7 Å². The highest BCUT2D eigenvalue weighted by Gasteiger charge is 2.16. The lowest BCUT2D eigenvalue weighted by Crippen LogP contribution is -2.32. The zero-order valence-corrected chi connectivity index (χ0v) is 16.6. The average molecular weight is 415 g/mol. The van der Waals surface area contributed by atoms with Gasteiger partial charge in [0.05, 0.1) is 18.9 Å². The van der Waals surface area contributed by atoms with Gasteiger partial charge < -0.3 is 14.9 Å². The van der Waals surface area contributed by atoms with Gasteiger partial charge in [0.15, 0.2) is 0 Å². The Morgan fingerprint density at radius 1 is 1.32 bits per heavy atom. The number of nitrogens with zero attached hydrogens (tertiary/aromatic N) is 1. The second kappa shape index (κ2) is 12.3. The van der Waals surface area contributed by atoms with Crippen molar-refractivity contribution in [2.24, 2.45) is 0 Å². The summed E-state index contributed by atoms with van der Waals surface area (Å²) in [7, 11) is -3.45. The molecule has 0 aliphatic heterocycles. The van der Waals surface area contributed by atoms with E-state index in [1.165, 1.54) is 22.5 Å². The molecule has 7 nitrogen and oxygen atoms in total. The SMILES string of the molecule is CS(=O)(=O)N(CC#CCCCC(=O)O)CCCC(O)COc1cccc(F)c1. The number of aliphatic carboxylic acids is 1. The van der Waals surface area contributed by atoms with Gasteiger partial charge in [-0.1, -0.05) is 12.0 Å². The van der Waals surface area contributed by atoms with E-state index in [-0.39, 0.29) is 26.1 Å². The lowest BCUT2D eigenvalue weighted by Gasteiger charge is -2.18. The number of unbranched alkanes of at least 4 members (excludes halogenated alkanes) is 1. The standard InChI is InChI=1S/C19H26FNO6S/c1-28(25,26)21(12-5-3-2-4-11-19(23)24)13-7-9-17(22)15-27-18-10-6-8-16(20)14-18/h6,8,10,14,17,22H,2,4,7,9,11-13,15H2,1H3,(H,23,24). The van der Waals surface area contributed by atoms with Gasteiger partial charge in [0.1, 0.15) is 18.2 Å². The minimum absolute atomic E-state index is 0.0157. The summed E-state index contributed by atoms with van der Waals surface area (Å²) < 4.78 is 43.2. The van der Waals surface area contributed by atoms with Crippen molar-refractivity contribution < 1.29 is 32.6 Å². The Morgan fingerprint density at radius 3 is 2.71 bits per heavy atom. The second-order valence-corrected chi connectivity index (χ2v) is 8.24. The van der Waals surface area contributed by atoms with E-state index in [0.717, 1.165) is 6.26 Å². The largest absolute Gasteiger partial charge is 0.491 e. The summed E-state index contributed by atoms with van der Waals surface area (Å²) in [5, 5.41) is 18.5. The van der Waals surface area contributed by atoms with Gasteiger partial charge >= 0.3 is 5.97 Å². The molecule has 0 aromatic heterocycles. The monoisotopic (exact) mass is 415 g/mol. The van der Waals surface area contributed by atoms with E-state index in [1.54, 1.807) is 6.07 Å². The molecule has 1 aromatic rings. The Hall–Kier alpha value is -2.15. The Bertz CT molecular complexity index is 787. The molecule has 0 spiro atoms. The third-order valence-corrected chi connectivity index (χ3v) is 4.97. The smallest absolute Gasteiger partial charge is 0.303 e. The van der Waals surface area contributed by atoms with Crippen LogP contribution in [0.2, 0.25) is 0 Å². The number of halogens is 1. The Kier molecular flexibility index (Phi) is 10.5. The molecule has 1 unspecified atom stereocenters. The molecule has 0 saturated heterocycles. The van der Waals surface area contributed by atoms with Gasteiger partial charge in [0.2, 0.25) is 10.0 Å². The Labute approximate surface area is 165 Å². The van der Waals surface area contributed by atoms with Crippen molar-refractivity contribution in [1.29, 1.82) is 0 Å². The maximum atomic E-state index is 13.1. The summed E-state index contributed by atoms with van der Waals surface area (Å²) in [5.74, 6) is 4.50. The molecule has 0 fully saturated rings. The van der Waals surface area contributed by atoms with Gasteiger partial charge in [0, 0.05) is 25.5 Å². The first-order valence-electron chi connectivity index (χ1n) is 8.87. The number of rotatable bonds is 12. The quantitative estimate of drug-likeness (QED) is 0.399. The zero-order chi connectivity index (χ0) is 21.0. The normalized spacial score (nSPS) is 12.3. The Balaban J connectivity index is 2.36. The number of benzene rings is 1. The number of aliphatic hydroxyl groups excluding tert-OH is 1. The van der Waals surface area contributed by atoms with Gasteiger partial charge in [-0.2, -0.15) is 4.31 Å². The third-order valence-electron chi connectivity index (χ3n) is 3.73. The molecule has 156 valence electrons. The molecule has 1 aromatic carbocycles. The maximum absolute atomic E-state index is 13.1. The summed E-state index contributed by atoms with van der Waals surface area (Å²) in [6.07, 6.45) is 1.82. The third kappa shape index (κ3) is 10.9. The lowest BCUT2D eigenvalue weighted by atomic mass is 10.2. The van der Waals surface area contributed by atoms with E-state index < -0.39 is 27.9 Å². The van der Waals surface area contributed by atoms with Crippen molar-refractivity contribution in [3.05, 3.63) is 30.1 Å². The van der Waals surface area contributed by atoms with Crippen molar-refractivity contribution in [3.8, 4) is 17.6 Å².